The number of nitrogens with zero attached hydrogens (tertiary/aromatic N) is 1. The van der Waals surface area contributed by atoms with Crippen LogP contribution >= 0.6 is 0 Å². The number of hydrogen-bond acceptors (Lipinski definition) is 3. The van der Waals surface area contributed by atoms with E-state index < -0.39 is 0 Å². The van der Waals surface area contributed by atoms with Gasteiger partial charge in [-0.25, -0.2) is 0 Å². The van der Waals surface area contributed by atoms with Crippen LogP contribution in [0.1, 0.15) is 19.8 Å². The molecule has 0 saturated carbocycles. The van der Waals surface area contributed by atoms with Crippen molar-refractivity contribution in [2.24, 2.45) is 11.7 Å². The summed E-state index contributed by atoms with van der Waals surface area (Å²) in [6.45, 7) is 3.98. The molecule has 3 N–H and O–H groups in total. The predicted molar refractivity (Wildman–Crippen MR) is 49.9 cm³/mol. The van der Waals surface area contributed by atoms with E-state index in [-0.39, 0.29) is 12.1 Å². The number of aliphatic hydroxyl groups is 1. The van der Waals surface area contributed by atoms with Gasteiger partial charge in [-0.15, -0.1) is 0 Å². The molecule has 0 amide bonds. The summed E-state index contributed by atoms with van der Waals surface area (Å²) in [6.07, 6.45) is 2.00. The van der Waals surface area contributed by atoms with Gasteiger partial charge in [0.2, 0.25) is 0 Å². The third-order valence-electron chi connectivity index (χ3n) is 2.76. The molecule has 3 atom stereocenters. The molecule has 12 heavy (non-hydrogen) atoms. The maximum atomic E-state index is 9.32. The second kappa shape index (κ2) is 4.21. The van der Waals surface area contributed by atoms with Gasteiger partial charge in [-0.1, -0.05) is 0 Å². The molecule has 72 valence electrons. The molecule has 3 heteroatoms. The van der Waals surface area contributed by atoms with Gasteiger partial charge in [0.25, 0.3) is 0 Å². The Hall–Kier alpha value is -0.120. The summed E-state index contributed by atoms with van der Waals surface area (Å²) in [6, 6.07) is -0.0484. The average molecular weight is 172 g/mol. The molecule has 3 unspecified atom stereocenters. The quantitative estimate of drug-likeness (QED) is 0.618. The smallest absolute Gasteiger partial charge is 0.0666 e. The number of aliphatic hydroxyl groups excluding tert-OH is 1. The van der Waals surface area contributed by atoms with Gasteiger partial charge in [0.1, 0.15) is 0 Å². The molecule has 0 aromatic rings. The van der Waals surface area contributed by atoms with Gasteiger partial charge in [-0.2, -0.15) is 0 Å². The van der Waals surface area contributed by atoms with E-state index in [1.165, 1.54) is 13.0 Å². The number of hydrogen-bond donors (Lipinski definition) is 2. The largest absolute Gasteiger partial charge is 0.392 e. The Bertz CT molecular complexity index is 138. The van der Waals surface area contributed by atoms with E-state index in [0.717, 1.165) is 13.0 Å². The molecule has 1 saturated heterocycles. The number of rotatable bonds is 2. The van der Waals surface area contributed by atoms with Crippen molar-refractivity contribution < 1.29 is 5.11 Å². The second-order valence-corrected chi connectivity index (χ2v) is 3.98. The predicted octanol–water partition coefficient (Wildman–Crippen LogP) is 0.0363. The van der Waals surface area contributed by atoms with Crippen molar-refractivity contribution in [2.45, 2.75) is 31.9 Å². The maximum Gasteiger partial charge on any atom is 0.0666 e. The lowest BCUT2D eigenvalue weighted by Crippen LogP contribution is -2.47. The third-order valence-corrected chi connectivity index (χ3v) is 2.76. The summed E-state index contributed by atoms with van der Waals surface area (Å²) in [5, 5.41) is 9.32. The fourth-order valence-electron chi connectivity index (χ4n) is 1.91. The Balaban J connectivity index is 2.40. The van der Waals surface area contributed by atoms with E-state index in [1.807, 2.05) is 0 Å². The zero-order valence-corrected chi connectivity index (χ0v) is 8.03. The van der Waals surface area contributed by atoms with Crippen LogP contribution in [0.4, 0.5) is 0 Å². The summed E-state index contributed by atoms with van der Waals surface area (Å²) < 4.78 is 0. The summed E-state index contributed by atoms with van der Waals surface area (Å²) in [5.74, 6) is 0.476. The lowest BCUT2D eigenvalue weighted by molar-refractivity contribution is 0.0975. The van der Waals surface area contributed by atoms with Crippen molar-refractivity contribution in [2.75, 3.05) is 20.1 Å². The molecule has 1 fully saturated rings. The summed E-state index contributed by atoms with van der Waals surface area (Å²) >= 11 is 0. The van der Waals surface area contributed by atoms with Gasteiger partial charge in [0.05, 0.1) is 6.10 Å². The Kier molecular flexibility index (Phi) is 3.50. The first-order chi connectivity index (χ1) is 5.61. The van der Waals surface area contributed by atoms with Crippen LogP contribution in [0.15, 0.2) is 0 Å². The molecule has 0 bridgehead atoms. The van der Waals surface area contributed by atoms with Crippen LogP contribution in [0.25, 0.3) is 0 Å². The minimum Gasteiger partial charge on any atom is -0.392 e. The minimum atomic E-state index is -0.374. The molecule has 0 spiro atoms. The standard InChI is InChI=1S/C9H20N2O/c1-7(12)9(10)8-4-3-5-11(2)6-8/h7-9,12H,3-6,10H2,1-2H3. The zero-order valence-electron chi connectivity index (χ0n) is 8.03. The highest BCUT2D eigenvalue weighted by atomic mass is 16.3. The van der Waals surface area contributed by atoms with Crippen molar-refractivity contribution in [3.05, 3.63) is 0 Å². The third kappa shape index (κ3) is 2.44. The van der Waals surface area contributed by atoms with Gasteiger partial charge in [-0.3, -0.25) is 0 Å². The highest BCUT2D eigenvalue weighted by Crippen LogP contribution is 2.19. The first-order valence-corrected chi connectivity index (χ1v) is 4.73. The van der Waals surface area contributed by atoms with Crippen LogP contribution in [-0.2, 0) is 0 Å². The Labute approximate surface area is 74.5 Å². The lowest BCUT2D eigenvalue weighted by atomic mass is 9.89. The van der Waals surface area contributed by atoms with Gasteiger partial charge >= 0.3 is 0 Å². The Morgan fingerprint density at radius 1 is 1.58 bits per heavy atom. The normalized spacial score (nSPS) is 31.5. The van der Waals surface area contributed by atoms with Crippen LogP contribution in [0.3, 0.4) is 0 Å². The lowest BCUT2D eigenvalue weighted by Gasteiger charge is -2.34. The van der Waals surface area contributed by atoms with Gasteiger partial charge < -0.3 is 15.7 Å². The molecule has 1 heterocycles. The molecule has 1 aliphatic heterocycles. The van der Waals surface area contributed by atoms with Gasteiger partial charge in [0.15, 0.2) is 0 Å². The highest BCUT2D eigenvalue weighted by molar-refractivity contribution is 4.82. The van der Waals surface area contributed by atoms with Crippen LogP contribution in [-0.4, -0.2) is 42.3 Å². The minimum absolute atomic E-state index is 0.0484. The summed E-state index contributed by atoms with van der Waals surface area (Å²) in [5.41, 5.74) is 5.88. The molecular weight excluding hydrogens is 152 g/mol. The van der Waals surface area contributed by atoms with Crippen molar-refractivity contribution in [1.82, 2.24) is 4.90 Å². The fourth-order valence-corrected chi connectivity index (χ4v) is 1.91. The van der Waals surface area contributed by atoms with Crippen molar-refractivity contribution >= 4 is 0 Å². The van der Waals surface area contributed by atoms with Crippen molar-refractivity contribution in [3.8, 4) is 0 Å². The Morgan fingerprint density at radius 2 is 2.25 bits per heavy atom. The van der Waals surface area contributed by atoms with E-state index in [4.69, 9.17) is 5.73 Å². The monoisotopic (exact) mass is 172 g/mol. The van der Waals surface area contributed by atoms with Crippen molar-refractivity contribution in [3.63, 3.8) is 0 Å². The zero-order chi connectivity index (χ0) is 9.14. The van der Waals surface area contributed by atoms with Crippen LogP contribution < -0.4 is 5.73 Å². The number of piperidine rings is 1. The average Bonchev–Trinajstić information content (AvgIpc) is 2.03. The molecular formula is C9H20N2O. The van der Waals surface area contributed by atoms with Crippen LogP contribution in [0.5, 0.6) is 0 Å². The van der Waals surface area contributed by atoms with Crippen LogP contribution in [0, 0.1) is 5.92 Å². The van der Waals surface area contributed by atoms with E-state index in [9.17, 15) is 5.11 Å². The molecule has 0 aliphatic carbocycles. The van der Waals surface area contributed by atoms with E-state index >= 15 is 0 Å². The van der Waals surface area contributed by atoms with Gasteiger partial charge in [0, 0.05) is 12.6 Å². The molecule has 3 nitrogen and oxygen atoms in total. The van der Waals surface area contributed by atoms with Gasteiger partial charge in [-0.05, 0) is 39.3 Å². The van der Waals surface area contributed by atoms with Crippen molar-refractivity contribution in [1.29, 1.82) is 0 Å². The number of nitrogens with two attached hydrogens (primary N) is 1. The van der Waals surface area contributed by atoms with E-state index in [2.05, 4.69) is 11.9 Å². The highest BCUT2D eigenvalue weighted by Gasteiger charge is 2.25. The van der Waals surface area contributed by atoms with E-state index in [0.29, 0.717) is 5.92 Å². The fraction of sp³-hybridized carbons (Fsp3) is 1.00. The number of likely N-dealkylation sites (tertiary alicyclic amines) is 1. The van der Waals surface area contributed by atoms with E-state index in [1.54, 1.807) is 6.92 Å². The second-order valence-electron chi connectivity index (χ2n) is 3.98. The molecule has 1 aliphatic rings. The SMILES string of the molecule is CC(O)C(N)C1CCCN(C)C1. The Morgan fingerprint density at radius 3 is 2.75 bits per heavy atom. The topological polar surface area (TPSA) is 49.5 Å². The molecule has 0 radical (unpaired) electrons. The molecule has 0 aromatic carbocycles. The first-order valence-electron chi connectivity index (χ1n) is 4.73. The van der Waals surface area contributed by atoms with Crippen LogP contribution in [0.2, 0.25) is 0 Å². The first kappa shape index (κ1) is 9.96. The molecule has 1 rings (SSSR count). The maximum absolute atomic E-state index is 9.32. The molecule has 0 aromatic heterocycles. The summed E-state index contributed by atoms with van der Waals surface area (Å²) in [7, 11) is 2.11. The summed E-state index contributed by atoms with van der Waals surface area (Å²) in [4.78, 5) is 2.29.